The van der Waals surface area contributed by atoms with E-state index in [1.807, 2.05) is 0 Å². The zero-order valence-corrected chi connectivity index (χ0v) is 8.37. The normalized spacial score (nSPS) is 9.86. The lowest BCUT2D eigenvalue weighted by molar-refractivity contribution is 0.210. The second kappa shape index (κ2) is 5.23. The molecular formula is C8H15N5O. The quantitative estimate of drug-likeness (QED) is 0.583. The van der Waals surface area contributed by atoms with E-state index in [9.17, 15) is 0 Å². The van der Waals surface area contributed by atoms with E-state index in [1.165, 1.54) is 6.33 Å². The minimum atomic E-state index is 0.520. The number of methoxy groups -OCH3 is 1. The lowest BCUT2D eigenvalue weighted by Gasteiger charge is -2.09. The van der Waals surface area contributed by atoms with E-state index in [0.29, 0.717) is 30.5 Å². The Kier molecular flexibility index (Phi) is 3.93. The number of hydrogen-bond donors (Lipinski definition) is 3. The zero-order chi connectivity index (χ0) is 10.4. The molecule has 0 radical (unpaired) electrons. The summed E-state index contributed by atoms with van der Waals surface area (Å²) in [7, 11) is 3.40. The SMILES string of the molecule is CNc1ncnc(NCCOC)c1N. The molecule has 0 unspecified atom stereocenters. The molecule has 0 amide bonds. The van der Waals surface area contributed by atoms with Gasteiger partial charge in [0.2, 0.25) is 0 Å². The molecule has 4 N–H and O–H groups in total. The van der Waals surface area contributed by atoms with E-state index in [1.54, 1.807) is 14.2 Å². The van der Waals surface area contributed by atoms with Gasteiger partial charge in [-0.25, -0.2) is 9.97 Å². The molecule has 0 saturated heterocycles. The molecule has 1 aromatic rings. The van der Waals surface area contributed by atoms with Crippen molar-refractivity contribution in [3.8, 4) is 0 Å². The number of hydrogen-bond acceptors (Lipinski definition) is 6. The third-order valence-corrected chi connectivity index (χ3v) is 1.72. The molecule has 0 saturated carbocycles. The fraction of sp³-hybridized carbons (Fsp3) is 0.500. The summed E-state index contributed by atoms with van der Waals surface area (Å²) in [4.78, 5) is 7.98. The first-order chi connectivity index (χ1) is 6.79. The minimum Gasteiger partial charge on any atom is -0.393 e. The Hall–Kier alpha value is -1.56. The summed E-state index contributed by atoms with van der Waals surface area (Å²) >= 11 is 0. The monoisotopic (exact) mass is 197 g/mol. The van der Waals surface area contributed by atoms with Crippen LogP contribution in [0.2, 0.25) is 0 Å². The maximum atomic E-state index is 5.79. The summed E-state index contributed by atoms with van der Waals surface area (Å²) < 4.78 is 4.90. The standard InChI is InChI=1S/C8H15N5O/c1-10-7-6(9)8(13-5-12-7)11-3-4-14-2/h5H,3-4,9H2,1-2H3,(H2,10,11,12,13). The molecular weight excluding hydrogens is 182 g/mol. The zero-order valence-electron chi connectivity index (χ0n) is 8.37. The first kappa shape index (κ1) is 10.5. The van der Waals surface area contributed by atoms with Crippen LogP contribution in [-0.2, 0) is 4.74 Å². The van der Waals surface area contributed by atoms with Gasteiger partial charge in [-0.15, -0.1) is 0 Å². The maximum absolute atomic E-state index is 5.79. The largest absolute Gasteiger partial charge is 0.393 e. The lowest BCUT2D eigenvalue weighted by atomic mass is 10.4. The van der Waals surface area contributed by atoms with Crippen LogP contribution in [-0.4, -0.2) is 37.3 Å². The minimum absolute atomic E-state index is 0.520. The van der Waals surface area contributed by atoms with Crippen molar-refractivity contribution in [2.75, 3.05) is 43.7 Å². The third-order valence-electron chi connectivity index (χ3n) is 1.72. The van der Waals surface area contributed by atoms with Gasteiger partial charge in [-0.05, 0) is 0 Å². The second-order valence-corrected chi connectivity index (χ2v) is 2.65. The molecule has 0 aromatic carbocycles. The predicted molar refractivity (Wildman–Crippen MR) is 56.4 cm³/mol. The summed E-state index contributed by atoms with van der Waals surface area (Å²) in [5.74, 6) is 1.25. The van der Waals surface area contributed by atoms with Gasteiger partial charge >= 0.3 is 0 Å². The number of ether oxygens (including phenoxy) is 1. The molecule has 78 valence electrons. The van der Waals surface area contributed by atoms with Crippen LogP contribution in [0.1, 0.15) is 0 Å². The number of nitrogens with zero attached hydrogens (tertiary/aromatic N) is 2. The highest BCUT2D eigenvalue weighted by molar-refractivity contribution is 5.73. The fourth-order valence-electron chi connectivity index (χ4n) is 1.01. The van der Waals surface area contributed by atoms with Crippen molar-refractivity contribution in [2.24, 2.45) is 0 Å². The van der Waals surface area contributed by atoms with Crippen molar-refractivity contribution in [3.63, 3.8) is 0 Å². The molecule has 1 rings (SSSR count). The molecule has 1 heterocycles. The maximum Gasteiger partial charge on any atom is 0.154 e. The lowest BCUT2D eigenvalue weighted by Crippen LogP contribution is -2.12. The molecule has 0 aliphatic rings. The number of aromatic nitrogens is 2. The first-order valence-electron chi connectivity index (χ1n) is 4.30. The molecule has 1 aromatic heterocycles. The highest BCUT2D eigenvalue weighted by Crippen LogP contribution is 2.20. The van der Waals surface area contributed by atoms with Gasteiger partial charge in [0.05, 0.1) is 6.61 Å². The van der Waals surface area contributed by atoms with Crippen molar-refractivity contribution < 1.29 is 4.74 Å². The topological polar surface area (TPSA) is 85.1 Å². The van der Waals surface area contributed by atoms with Crippen LogP contribution >= 0.6 is 0 Å². The van der Waals surface area contributed by atoms with Gasteiger partial charge in [-0.2, -0.15) is 0 Å². The molecule has 6 heteroatoms. The number of nitrogen functional groups attached to an aromatic ring is 1. The molecule has 14 heavy (non-hydrogen) atoms. The number of nitrogens with two attached hydrogens (primary N) is 1. The Balaban J connectivity index is 2.66. The first-order valence-corrected chi connectivity index (χ1v) is 4.30. The van der Waals surface area contributed by atoms with Crippen molar-refractivity contribution in [1.82, 2.24) is 9.97 Å². The van der Waals surface area contributed by atoms with Crippen molar-refractivity contribution in [3.05, 3.63) is 6.33 Å². The smallest absolute Gasteiger partial charge is 0.154 e. The Morgan fingerprint density at radius 3 is 2.79 bits per heavy atom. The fourth-order valence-corrected chi connectivity index (χ4v) is 1.01. The second-order valence-electron chi connectivity index (χ2n) is 2.65. The summed E-state index contributed by atoms with van der Waals surface area (Å²) in [6.45, 7) is 1.28. The average molecular weight is 197 g/mol. The molecule has 0 atom stereocenters. The molecule has 0 fully saturated rings. The Morgan fingerprint density at radius 1 is 1.43 bits per heavy atom. The van der Waals surface area contributed by atoms with E-state index in [4.69, 9.17) is 10.5 Å². The molecule has 0 aliphatic heterocycles. The van der Waals surface area contributed by atoms with Gasteiger partial charge in [0.25, 0.3) is 0 Å². The van der Waals surface area contributed by atoms with Crippen LogP contribution in [0.4, 0.5) is 17.3 Å². The third kappa shape index (κ3) is 2.46. The molecule has 0 spiro atoms. The Morgan fingerprint density at radius 2 is 2.14 bits per heavy atom. The van der Waals surface area contributed by atoms with E-state index < -0.39 is 0 Å². The van der Waals surface area contributed by atoms with Crippen LogP contribution < -0.4 is 16.4 Å². The number of nitrogens with one attached hydrogen (secondary N) is 2. The molecule has 6 nitrogen and oxygen atoms in total. The van der Waals surface area contributed by atoms with Gasteiger partial charge in [0.15, 0.2) is 11.6 Å². The average Bonchev–Trinajstić information content (AvgIpc) is 2.21. The highest BCUT2D eigenvalue weighted by Gasteiger charge is 2.04. The van der Waals surface area contributed by atoms with Gasteiger partial charge in [0.1, 0.15) is 12.0 Å². The molecule has 0 bridgehead atoms. The number of anilines is 3. The van der Waals surface area contributed by atoms with Gasteiger partial charge < -0.3 is 21.1 Å². The van der Waals surface area contributed by atoms with Crippen LogP contribution in [0.25, 0.3) is 0 Å². The van der Waals surface area contributed by atoms with Crippen LogP contribution in [0, 0.1) is 0 Å². The van der Waals surface area contributed by atoms with Gasteiger partial charge in [0, 0.05) is 20.7 Å². The van der Waals surface area contributed by atoms with Crippen LogP contribution in [0.15, 0.2) is 6.33 Å². The summed E-state index contributed by atoms with van der Waals surface area (Å²) in [5.41, 5.74) is 6.30. The van der Waals surface area contributed by atoms with Crippen molar-refractivity contribution in [2.45, 2.75) is 0 Å². The van der Waals surface area contributed by atoms with E-state index >= 15 is 0 Å². The van der Waals surface area contributed by atoms with Crippen molar-refractivity contribution in [1.29, 1.82) is 0 Å². The predicted octanol–water partition coefficient (Wildman–Crippen LogP) is 0.159. The summed E-state index contributed by atoms with van der Waals surface area (Å²) in [6.07, 6.45) is 1.46. The van der Waals surface area contributed by atoms with Gasteiger partial charge in [-0.3, -0.25) is 0 Å². The van der Waals surface area contributed by atoms with Crippen molar-refractivity contribution >= 4 is 17.3 Å². The number of rotatable bonds is 5. The van der Waals surface area contributed by atoms with E-state index in [2.05, 4.69) is 20.6 Å². The Labute approximate surface area is 82.9 Å². The summed E-state index contributed by atoms with van der Waals surface area (Å²) in [5, 5.41) is 5.93. The Bertz CT molecular complexity index is 291. The van der Waals surface area contributed by atoms with E-state index in [-0.39, 0.29) is 0 Å². The van der Waals surface area contributed by atoms with Crippen LogP contribution in [0.5, 0.6) is 0 Å². The summed E-state index contributed by atoms with van der Waals surface area (Å²) in [6, 6.07) is 0. The van der Waals surface area contributed by atoms with Gasteiger partial charge in [-0.1, -0.05) is 0 Å². The highest BCUT2D eigenvalue weighted by atomic mass is 16.5. The van der Waals surface area contributed by atoms with Crippen LogP contribution in [0.3, 0.4) is 0 Å². The molecule has 0 aliphatic carbocycles. The van der Waals surface area contributed by atoms with E-state index in [0.717, 1.165) is 0 Å².